The number of carbonyl (C=O) groups excluding carboxylic acids is 1. The van der Waals surface area contributed by atoms with Crippen molar-refractivity contribution in [2.75, 3.05) is 25.4 Å². The molecule has 170 valence electrons. The fourth-order valence-corrected chi connectivity index (χ4v) is 6.18. The Morgan fingerprint density at radius 1 is 1.29 bits per heavy atom. The number of likely N-dealkylation sites (tertiary alicyclic amines) is 1. The van der Waals surface area contributed by atoms with E-state index in [1.54, 1.807) is 11.3 Å². The van der Waals surface area contributed by atoms with E-state index in [2.05, 4.69) is 23.3 Å². The van der Waals surface area contributed by atoms with Crippen molar-refractivity contribution in [1.82, 2.24) is 15.2 Å². The Bertz CT molecular complexity index is 930. The molecule has 6 nitrogen and oxygen atoms in total. The zero-order valence-corrected chi connectivity index (χ0v) is 20.1. The number of hydrogen-bond donors (Lipinski definition) is 2. The van der Waals surface area contributed by atoms with Crippen LogP contribution in [0, 0.1) is 0 Å². The molecule has 5 rings (SSSR count). The van der Waals surface area contributed by atoms with Crippen LogP contribution in [-0.4, -0.2) is 47.6 Å². The lowest BCUT2D eigenvalue weighted by atomic mass is 9.82. The normalized spacial score (nSPS) is 24.2. The molecule has 1 amide bonds. The summed E-state index contributed by atoms with van der Waals surface area (Å²) in [6, 6.07) is 8.45. The van der Waals surface area contributed by atoms with E-state index in [1.807, 2.05) is 23.1 Å². The highest BCUT2D eigenvalue weighted by Gasteiger charge is 2.44. The molecule has 3 aliphatic rings. The van der Waals surface area contributed by atoms with Crippen LogP contribution < -0.4 is 11.1 Å². The lowest BCUT2D eigenvalue weighted by Gasteiger charge is -2.44. The van der Waals surface area contributed by atoms with E-state index in [1.165, 1.54) is 10.4 Å². The second kappa shape index (κ2) is 9.63. The van der Waals surface area contributed by atoms with Gasteiger partial charge in [0.25, 0.3) is 0 Å². The van der Waals surface area contributed by atoms with E-state index in [0.717, 1.165) is 62.4 Å². The Hall–Kier alpha value is -1.38. The number of nitrogens with zero attached hydrogens (tertiary/aromatic N) is 2. The third kappa shape index (κ3) is 4.57. The number of carbonyl (C=O) groups is 1. The maximum absolute atomic E-state index is 12.9. The van der Waals surface area contributed by atoms with Crippen LogP contribution in [0.15, 0.2) is 24.3 Å². The third-order valence-electron chi connectivity index (χ3n) is 6.59. The Kier molecular flexibility index (Phi) is 7.54. The number of nitrogens with two attached hydrogens (primary N) is 1. The SMILES string of the molecule is C[C@H]1CC[C@@H](C(=O)N2CCC3(CC2)OCCc2sc(-c4cccc(N)n4)cc23)N1.Cl.Cl. The predicted octanol–water partition coefficient (Wildman–Crippen LogP) is 3.77. The fourth-order valence-electron chi connectivity index (χ4n) is 4.98. The number of aromatic nitrogens is 1. The van der Waals surface area contributed by atoms with Crippen LogP contribution in [0.4, 0.5) is 5.82 Å². The van der Waals surface area contributed by atoms with E-state index in [-0.39, 0.29) is 42.4 Å². The van der Waals surface area contributed by atoms with E-state index >= 15 is 0 Å². The molecule has 1 spiro atoms. The van der Waals surface area contributed by atoms with E-state index in [0.29, 0.717) is 11.9 Å². The van der Waals surface area contributed by atoms with Gasteiger partial charge in [-0.25, -0.2) is 4.98 Å². The number of anilines is 1. The van der Waals surface area contributed by atoms with Crippen molar-refractivity contribution in [2.45, 2.75) is 56.7 Å². The first kappa shape index (κ1) is 24.3. The highest BCUT2D eigenvalue weighted by molar-refractivity contribution is 7.15. The van der Waals surface area contributed by atoms with Crippen molar-refractivity contribution in [3.8, 4) is 10.6 Å². The second-order valence-electron chi connectivity index (χ2n) is 8.51. The number of rotatable bonds is 2. The zero-order chi connectivity index (χ0) is 20.0. The number of thiophene rings is 1. The van der Waals surface area contributed by atoms with Crippen LogP contribution in [0.5, 0.6) is 0 Å². The summed E-state index contributed by atoms with van der Waals surface area (Å²) in [5.41, 5.74) is 7.84. The number of piperidine rings is 1. The molecule has 2 atom stereocenters. The van der Waals surface area contributed by atoms with Crippen molar-refractivity contribution in [3.05, 3.63) is 34.7 Å². The largest absolute Gasteiger partial charge is 0.384 e. The van der Waals surface area contributed by atoms with Crippen LogP contribution in [0.3, 0.4) is 0 Å². The molecule has 0 radical (unpaired) electrons. The Morgan fingerprint density at radius 2 is 2.06 bits per heavy atom. The van der Waals surface area contributed by atoms with Gasteiger partial charge in [-0.15, -0.1) is 36.2 Å². The Labute approximate surface area is 199 Å². The van der Waals surface area contributed by atoms with Crippen LogP contribution >= 0.6 is 36.2 Å². The molecule has 5 heterocycles. The lowest BCUT2D eigenvalue weighted by molar-refractivity contribution is -0.142. The number of halogens is 2. The Morgan fingerprint density at radius 3 is 2.74 bits per heavy atom. The molecule has 0 bridgehead atoms. The van der Waals surface area contributed by atoms with Gasteiger partial charge < -0.3 is 20.7 Å². The van der Waals surface area contributed by atoms with Gasteiger partial charge in [-0.1, -0.05) is 6.07 Å². The standard InChI is InChI=1S/C22H28N4O2S.2ClH/c1-14-5-6-17(24-14)21(27)26-10-8-22(9-11-26)15-13-19(29-18(15)7-12-28-22)16-3-2-4-20(23)25-16;;/h2-4,13-14,17,24H,5-12H2,1H3,(H2,23,25);2*1H/t14-,17-;;/m0../s1. The first-order chi connectivity index (χ1) is 14.0. The molecule has 2 fully saturated rings. The number of nitrogen functional groups attached to an aromatic ring is 1. The smallest absolute Gasteiger partial charge is 0.239 e. The van der Waals surface area contributed by atoms with Crippen molar-refractivity contribution in [2.24, 2.45) is 0 Å². The maximum Gasteiger partial charge on any atom is 0.239 e. The molecular weight excluding hydrogens is 455 g/mol. The molecule has 0 unspecified atom stereocenters. The summed E-state index contributed by atoms with van der Waals surface area (Å²) < 4.78 is 6.38. The van der Waals surface area contributed by atoms with Crippen LogP contribution in [0.1, 0.15) is 43.0 Å². The monoisotopic (exact) mass is 484 g/mol. The average Bonchev–Trinajstić information content (AvgIpc) is 3.36. The van der Waals surface area contributed by atoms with Gasteiger partial charge in [0.05, 0.1) is 28.8 Å². The first-order valence-electron chi connectivity index (χ1n) is 10.6. The van der Waals surface area contributed by atoms with Gasteiger partial charge in [-0.3, -0.25) is 4.79 Å². The van der Waals surface area contributed by atoms with Crippen molar-refractivity contribution >= 4 is 47.9 Å². The van der Waals surface area contributed by atoms with Gasteiger partial charge in [-0.2, -0.15) is 0 Å². The minimum atomic E-state index is -0.268. The average molecular weight is 485 g/mol. The summed E-state index contributed by atoms with van der Waals surface area (Å²) in [5, 5.41) is 3.43. The lowest BCUT2D eigenvalue weighted by Crippen LogP contribution is -2.52. The minimum absolute atomic E-state index is 0. The maximum atomic E-state index is 12.9. The predicted molar refractivity (Wildman–Crippen MR) is 129 cm³/mol. The summed E-state index contributed by atoms with van der Waals surface area (Å²) in [6.07, 6.45) is 4.68. The van der Waals surface area contributed by atoms with Crippen molar-refractivity contribution in [1.29, 1.82) is 0 Å². The summed E-state index contributed by atoms with van der Waals surface area (Å²) in [6.45, 7) is 4.41. The quantitative estimate of drug-likeness (QED) is 0.677. The summed E-state index contributed by atoms with van der Waals surface area (Å²) in [4.78, 5) is 22.0. The van der Waals surface area contributed by atoms with E-state index in [4.69, 9.17) is 10.5 Å². The molecule has 9 heteroatoms. The topological polar surface area (TPSA) is 80.5 Å². The van der Waals surface area contributed by atoms with Gasteiger partial charge >= 0.3 is 0 Å². The molecule has 0 saturated carbocycles. The number of nitrogens with one attached hydrogen (secondary N) is 1. The van der Waals surface area contributed by atoms with Crippen molar-refractivity contribution < 1.29 is 9.53 Å². The first-order valence-corrected chi connectivity index (χ1v) is 11.4. The molecule has 2 aromatic heterocycles. The number of amides is 1. The van der Waals surface area contributed by atoms with Gasteiger partial charge in [0.2, 0.25) is 5.91 Å². The minimum Gasteiger partial charge on any atom is -0.384 e. The second-order valence-corrected chi connectivity index (χ2v) is 9.65. The van der Waals surface area contributed by atoms with Gasteiger partial charge in [0.15, 0.2) is 0 Å². The fraction of sp³-hybridized carbons (Fsp3) is 0.545. The van der Waals surface area contributed by atoms with E-state index < -0.39 is 0 Å². The summed E-state index contributed by atoms with van der Waals surface area (Å²) in [7, 11) is 0. The van der Waals surface area contributed by atoms with Crippen LogP contribution in [-0.2, 0) is 21.6 Å². The van der Waals surface area contributed by atoms with Crippen molar-refractivity contribution in [3.63, 3.8) is 0 Å². The number of hydrogen-bond acceptors (Lipinski definition) is 6. The molecule has 3 aliphatic heterocycles. The molecule has 2 aromatic rings. The zero-order valence-electron chi connectivity index (χ0n) is 17.6. The molecular formula is C22H30Cl2N4O2S. The van der Waals surface area contributed by atoms with Gasteiger partial charge in [0.1, 0.15) is 5.82 Å². The number of pyridine rings is 1. The number of ether oxygens (including phenoxy) is 1. The van der Waals surface area contributed by atoms with Crippen LogP contribution in [0.25, 0.3) is 10.6 Å². The Balaban J connectivity index is 0.00000136. The highest BCUT2D eigenvalue weighted by atomic mass is 35.5. The number of fused-ring (bicyclic) bond motifs is 2. The summed E-state index contributed by atoms with van der Waals surface area (Å²) in [5.74, 6) is 0.802. The highest BCUT2D eigenvalue weighted by Crippen LogP contribution is 2.46. The van der Waals surface area contributed by atoms with E-state index in [9.17, 15) is 4.79 Å². The molecule has 31 heavy (non-hydrogen) atoms. The molecule has 0 aliphatic carbocycles. The molecule has 2 saturated heterocycles. The third-order valence-corrected chi connectivity index (χ3v) is 7.80. The van der Waals surface area contributed by atoms with Crippen LogP contribution in [0.2, 0.25) is 0 Å². The summed E-state index contributed by atoms with van der Waals surface area (Å²) >= 11 is 1.80. The van der Waals surface area contributed by atoms with Gasteiger partial charge in [-0.05, 0) is 56.4 Å². The molecule has 0 aromatic carbocycles. The van der Waals surface area contributed by atoms with Gasteiger partial charge in [0, 0.05) is 30.4 Å². The molecule has 3 N–H and O–H groups in total.